The fourth-order valence-electron chi connectivity index (χ4n) is 3.17. The molecule has 0 radical (unpaired) electrons. The van der Waals surface area contributed by atoms with E-state index in [9.17, 15) is 9.59 Å². The molecule has 1 aromatic heterocycles. The molecule has 1 aliphatic rings. The molecule has 148 valence electrons. The number of fused-ring (bicyclic) bond motifs is 1. The van der Waals surface area contributed by atoms with Gasteiger partial charge >= 0.3 is 0 Å². The van der Waals surface area contributed by atoms with E-state index in [0.29, 0.717) is 35.4 Å². The minimum Gasteiger partial charge on any atom is -0.482 e. The van der Waals surface area contributed by atoms with Crippen LogP contribution in [0, 0.1) is 0 Å². The number of nitrogens with one attached hydrogen (secondary N) is 1. The van der Waals surface area contributed by atoms with Crippen LogP contribution in [0.4, 0.5) is 11.4 Å². The molecule has 0 bridgehead atoms. The molecule has 8 heteroatoms. The second kappa shape index (κ2) is 7.75. The third-order valence-corrected chi connectivity index (χ3v) is 4.49. The molecule has 1 aliphatic heterocycles. The van der Waals surface area contributed by atoms with Crippen molar-refractivity contribution in [3.8, 4) is 28.6 Å². The number of rotatable bonds is 5. The first-order valence-corrected chi connectivity index (χ1v) is 9.34. The van der Waals surface area contributed by atoms with Gasteiger partial charge in [0, 0.05) is 30.3 Å². The van der Waals surface area contributed by atoms with Crippen molar-refractivity contribution in [2.75, 3.05) is 23.4 Å². The van der Waals surface area contributed by atoms with Gasteiger partial charge in [0.2, 0.25) is 11.7 Å². The van der Waals surface area contributed by atoms with Crippen molar-refractivity contribution in [2.24, 2.45) is 0 Å². The van der Waals surface area contributed by atoms with Gasteiger partial charge in [0.15, 0.2) is 6.61 Å². The molecule has 2 aromatic carbocycles. The first-order chi connectivity index (χ1) is 14.0. The number of anilines is 2. The van der Waals surface area contributed by atoms with E-state index in [-0.39, 0.29) is 18.4 Å². The molecule has 4 rings (SSSR count). The Balaban J connectivity index is 1.61. The zero-order valence-electron chi connectivity index (χ0n) is 16.1. The van der Waals surface area contributed by atoms with E-state index in [2.05, 4.69) is 15.5 Å². The minimum atomic E-state index is -0.134. The Labute approximate surface area is 167 Å². The number of amides is 2. The predicted molar refractivity (Wildman–Crippen MR) is 108 cm³/mol. The molecular formula is C21H20N4O4. The van der Waals surface area contributed by atoms with Crippen LogP contribution in [0.15, 0.2) is 47.0 Å². The summed E-state index contributed by atoms with van der Waals surface area (Å²) in [6, 6.07) is 12.6. The number of carbonyl (C=O) groups excluding carboxylic acids is 2. The Morgan fingerprint density at radius 3 is 2.66 bits per heavy atom. The summed E-state index contributed by atoms with van der Waals surface area (Å²) in [5.74, 6) is 1.25. The second-order valence-corrected chi connectivity index (χ2v) is 6.70. The molecule has 8 nitrogen and oxygen atoms in total. The Hall–Kier alpha value is -3.68. The molecule has 2 amide bonds. The number of ether oxygens (including phenoxy) is 1. The highest BCUT2D eigenvalue weighted by Crippen LogP contribution is 2.36. The number of hydrogen-bond donors (Lipinski definition) is 1. The van der Waals surface area contributed by atoms with E-state index in [0.717, 1.165) is 17.5 Å². The normalized spacial score (nSPS) is 13.0. The van der Waals surface area contributed by atoms with E-state index in [1.54, 1.807) is 29.2 Å². The molecule has 29 heavy (non-hydrogen) atoms. The second-order valence-electron chi connectivity index (χ2n) is 6.70. The highest BCUT2D eigenvalue weighted by atomic mass is 16.5. The Kier molecular flexibility index (Phi) is 4.99. The van der Waals surface area contributed by atoms with Gasteiger partial charge in [-0.3, -0.25) is 9.59 Å². The van der Waals surface area contributed by atoms with Gasteiger partial charge in [0.25, 0.3) is 11.8 Å². The monoisotopic (exact) mass is 392 g/mol. The predicted octanol–water partition coefficient (Wildman–Crippen LogP) is 3.50. The summed E-state index contributed by atoms with van der Waals surface area (Å²) in [6.07, 6.45) is 0.843. The molecular weight excluding hydrogens is 372 g/mol. The number of hydrogen-bond acceptors (Lipinski definition) is 6. The molecule has 0 spiro atoms. The first-order valence-electron chi connectivity index (χ1n) is 9.34. The van der Waals surface area contributed by atoms with Gasteiger partial charge in [0.05, 0.1) is 5.69 Å². The Bertz CT molecular complexity index is 1060. The van der Waals surface area contributed by atoms with Crippen molar-refractivity contribution in [2.45, 2.75) is 20.3 Å². The largest absolute Gasteiger partial charge is 0.482 e. The fraction of sp³-hybridized carbons (Fsp3) is 0.238. The quantitative estimate of drug-likeness (QED) is 0.714. The van der Waals surface area contributed by atoms with Crippen molar-refractivity contribution in [3.05, 3.63) is 42.5 Å². The van der Waals surface area contributed by atoms with Crippen molar-refractivity contribution < 1.29 is 18.8 Å². The van der Waals surface area contributed by atoms with Crippen LogP contribution in [-0.4, -0.2) is 35.1 Å². The zero-order valence-corrected chi connectivity index (χ0v) is 16.1. The van der Waals surface area contributed by atoms with Crippen LogP contribution in [0.1, 0.15) is 20.3 Å². The zero-order chi connectivity index (χ0) is 20.4. The molecule has 1 N–H and O–H groups in total. The lowest BCUT2D eigenvalue weighted by molar-refractivity contribution is -0.121. The van der Waals surface area contributed by atoms with Crippen molar-refractivity contribution >= 4 is 23.2 Å². The van der Waals surface area contributed by atoms with Crippen LogP contribution in [0.3, 0.4) is 0 Å². The smallest absolute Gasteiger partial charge is 0.265 e. The van der Waals surface area contributed by atoms with Gasteiger partial charge < -0.3 is 19.5 Å². The Morgan fingerprint density at radius 2 is 1.93 bits per heavy atom. The lowest BCUT2D eigenvalue weighted by Crippen LogP contribution is -2.39. The Morgan fingerprint density at radius 1 is 1.17 bits per heavy atom. The molecule has 0 aliphatic carbocycles. The highest BCUT2D eigenvalue weighted by molar-refractivity contribution is 5.98. The number of carbonyl (C=O) groups is 2. The molecule has 0 unspecified atom stereocenters. The third-order valence-electron chi connectivity index (χ3n) is 4.49. The number of benzene rings is 2. The van der Waals surface area contributed by atoms with E-state index in [1.807, 2.05) is 25.1 Å². The van der Waals surface area contributed by atoms with Crippen molar-refractivity contribution in [1.82, 2.24) is 10.1 Å². The summed E-state index contributed by atoms with van der Waals surface area (Å²) < 4.78 is 10.9. The van der Waals surface area contributed by atoms with E-state index < -0.39 is 0 Å². The summed E-state index contributed by atoms with van der Waals surface area (Å²) in [7, 11) is 0. The summed E-state index contributed by atoms with van der Waals surface area (Å²) in [4.78, 5) is 29.5. The fourth-order valence-corrected chi connectivity index (χ4v) is 3.17. The topological polar surface area (TPSA) is 97.6 Å². The number of aromatic nitrogens is 2. The van der Waals surface area contributed by atoms with Gasteiger partial charge in [-0.05, 0) is 48.9 Å². The van der Waals surface area contributed by atoms with Crippen LogP contribution in [-0.2, 0) is 9.59 Å². The SMILES string of the molecule is CCCN1C(=O)COc2ccc(-c3noc(-c4ccc(NC(C)=O)cc4)n3)cc21. The van der Waals surface area contributed by atoms with Gasteiger partial charge in [0.1, 0.15) is 5.75 Å². The van der Waals surface area contributed by atoms with Crippen LogP contribution in [0.25, 0.3) is 22.8 Å². The molecule has 2 heterocycles. The third kappa shape index (κ3) is 3.82. The average molecular weight is 392 g/mol. The molecule has 0 fully saturated rings. The van der Waals surface area contributed by atoms with Gasteiger partial charge in [-0.15, -0.1) is 0 Å². The maximum Gasteiger partial charge on any atom is 0.265 e. The van der Waals surface area contributed by atoms with Crippen LogP contribution in [0.5, 0.6) is 5.75 Å². The standard InChI is InChI=1S/C21H20N4O4/c1-3-10-25-17-11-15(6-9-18(17)28-12-19(25)27)20-23-21(29-24-20)14-4-7-16(8-5-14)22-13(2)26/h4-9,11H,3,10,12H2,1-2H3,(H,22,26). The average Bonchev–Trinajstić information content (AvgIpc) is 3.20. The molecule has 0 saturated carbocycles. The van der Waals surface area contributed by atoms with Crippen molar-refractivity contribution in [3.63, 3.8) is 0 Å². The molecule has 0 saturated heterocycles. The van der Waals surface area contributed by atoms with Gasteiger partial charge in [-0.1, -0.05) is 12.1 Å². The van der Waals surface area contributed by atoms with E-state index in [4.69, 9.17) is 9.26 Å². The van der Waals surface area contributed by atoms with Gasteiger partial charge in [-0.25, -0.2) is 0 Å². The summed E-state index contributed by atoms with van der Waals surface area (Å²) in [5.41, 5.74) is 2.87. The lowest BCUT2D eigenvalue weighted by Gasteiger charge is -2.29. The summed E-state index contributed by atoms with van der Waals surface area (Å²) in [6.45, 7) is 4.15. The van der Waals surface area contributed by atoms with E-state index in [1.165, 1.54) is 6.92 Å². The highest BCUT2D eigenvalue weighted by Gasteiger charge is 2.25. The minimum absolute atomic E-state index is 0.0488. The van der Waals surface area contributed by atoms with Crippen molar-refractivity contribution in [1.29, 1.82) is 0 Å². The maximum absolute atomic E-state index is 12.2. The summed E-state index contributed by atoms with van der Waals surface area (Å²) >= 11 is 0. The maximum atomic E-state index is 12.2. The molecule has 0 atom stereocenters. The van der Waals surface area contributed by atoms with Crippen LogP contribution >= 0.6 is 0 Å². The molecule has 3 aromatic rings. The lowest BCUT2D eigenvalue weighted by atomic mass is 10.1. The summed E-state index contributed by atoms with van der Waals surface area (Å²) in [5, 5.41) is 6.78. The van der Waals surface area contributed by atoms with Crippen LogP contribution < -0.4 is 15.0 Å². The number of nitrogens with zero attached hydrogens (tertiary/aromatic N) is 3. The van der Waals surface area contributed by atoms with Crippen LogP contribution in [0.2, 0.25) is 0 Å². The first kappa shape index (κ1) is 18.7. The van der Waals surface area contributed by atoms with E-state index >= 15 is 0 Å². The van der Waals surface area contributed by atoms with Gasteiger partial charge in [-0.2, -0.15) is 4.98 Å².